The number of ether oxygens (including phenoxy) is 1. The molecule has 194 valence electrons. The Morgan fingerprint density at radius 1 is 1.03 bits per heavy atom. The molecule has 0 atom stereocenters. The smallest absolute Gasteiger partial charge is 0.243 e. The van der Waals surface area contributed by atoms with E-state index < -0.39 is 15.6 Å². The number of sulfonamides is 1. The summed E-state index contributed by atoms with van der Waals surface area (Å²) in [4.78, 5) is 2.12. The molecule has 0 unspecified atom stereocenters. The second-order valence-corrected chi connectivity index (χ2v) is 12.9. The maximum absolute atomic E-state index is 13.3. The predicted octanol–water partition coefficient (Wildman–Crippen LogP) is 5.48. The van der Waals surface area contributed by atoms with E-state index in [1.54, 1.807) is 36.7 Å². The average molecular weight is 558 g/mol. The fraction of sp³-hybridized carbons (Fsp3) is 0.296. The van der Waals surface area contributed by atoms with Crippen LogP contribution in [0.4, 0.5) is 0 Å². The van der Waals surface area contributed by atoms with E-state index in [0.717, 1.165) is 26.6 Å². The number of aromatic nitrogens is 2. The van der Waals surface area contributed by atoms with Gasteiger partial charge in [0.05, 0.1) is 45.1 Å². The molecule has 0 aliphatic carbocycles. The maximum Gasteiger partial charge on any atom is 0.243 e. The number of hydrogen-bond acceptors (Lipinski definition) is 6. The molecular weight excluding hydrogens is 530 g/mol. The Kier molecular flexibility index (Phi) is 7.04. The van der Waals surface area contributed by atoms with E-state index in [2.05, 4.69) is 5.10 Å². The second-order valence-electron chi connectivity index (χ2n) is 9.49. The highest BCUT2D eigenvalue weighted by Crippen LogP contribution is 2.39. The molecule has 0 saturated carbocycles. The molecular formula is C27H28ClN3O4S2. The number of hydrogen-bond donors (Lipinski definition) is 1. The molecule has 1 fully saturated rings. The minimum Gasteiger partial charge on any atom is -0.384 e. The summed E-state index contributed by atoms with van der Waals surface area (Å²) >= 11 is 8.03. The van der Waals surface area contributed by atoms with Crippen molar-refractivity contribution in [3.05, 3.63) is 76.9 Å². The lowest BCUT2D eigenvalue weighted by Gasteiger charge is -2.26. The lowest BCUT2D eigenvalue weighted by Crippen LogP contribution is -2.40. The Balaban J connectivity index is 1.57. The third kappa shape index (κ3) is 5.12. The molecule has 1 aliphatic heterocycles. The highest BCUT2D eigenvalue weighted by atomic mass is 35.5. The van der Waals surface area contributed by atoms with Crippen LogP contribution in [0.2, 0.25) is 5.02 Å². The number of nitrogens with zero attached hydrogens (tertiary/aromatic N) is 3. The first kappa shape index (κ1) is 26.1. The SMILES string of the molecule is Cc1ccc(S(=O)(=O)N2CCOCC2)cc1-c1ccc(-c2cc(C(C)(C)O)nn2-c2ccccc2Cl)s1. The van der Waals surface area contributed by atoms with E-state index in [4.69, 9.17) is 16.3 Å². The van der Waals surface area contributed by atoms with Crippen LogP contribution in [0.3, 0.4) is 0 Å². The second kappa shape index (κ2) is 9.98. The molecule has 37 heavy (non-hydrogen) atoms. The van der Waals surface area contributed by atoms with Crippen LogP contribution in [0.5, 0.6) is 0 Å². The van der Waals surface area contributed by atoms with Gasteiger partial charge in [-0.3, -0.25) is 0 Å². The highest BCUT2D eigenvalue weighted by molar-refractivity contribution is 7.89. The fourth-order valence-electron chi connectivity index (χ4n) is 4.25. The molecule has 3 heterocycles. The maximum atomic E-state index is 13.3. The van der Waals surface area contributed by atoms with Crippen molar-refractivity contribution in [2.45, 2.75) is 31.3 Å². The van der Waals surface area contributed by atoms with Crippen LogP contribution in [-0.4, -0.2) is 53.9 Å². The molecule has 1 saturated heterocycles. The topological polar surface area (TPSA) is 84.7 Å². The lowest BCUT2D eigenvalue weighted by molar-refractivity contribution is 0.0730. The van der Waals surface area contributed by atoms with Gasteiger partial charge in [0.15, 0.2) is 0 Å². The van der Waals surface area contributed by atoms with Gasteiger partial charge in [0.2, 0.25) is 10.0 Å². The quantitative estimate of drug-likeness (QED) is 0.339. The van der Waals surface area contributed by atoms with Crippen LogP contribution >= 0.6 is 22.9 Å². The van der Waals surface area contributed by atoms with Crippen LogP contribution in [0, 0.1) is 6.92 Å². The Morgan fingerprint density at radius 3 is 2.43 bits per heavy atom. The summed E-state index contributed by atoms with van der Waals surface area (Å²) in [6.45, 7) is 6.87. The monoisotopic (exact) mass is 557 g/mol. The summed E-state index contributed by atoms with van der Waals surface area (Å²) in [7, 11) is -3.61. The molecule has 1 N–H and O–H groups in total. The molecule has 2 aromatic heterocycles. The van der Waals surface area contributed by atoms with Crippen molar-refractivity contribution in [1.29, 1.82) is 0 Å². The number of aryl methyl sites for hydroxylation is 1. The van der Waals surface area contributed by atoms with Gasteiger partial charge in [-0.15, -0.1) is 11.3 Å². The lowest BCUT2D eigenvalue weighted by atomic mass is 10.1. The zero-order valence-corrected chi connectivity index (χ0v) is 23.2. The highest BCUT2D eigenvalue weighted by Gasteiger charge is 2.28. The van der Waals surface area contributed by atoms with Crippen molar-refractivity contribution in [2.75, 3.05) is 26.3 Å². The van der Waals surface area contributed by atoms with Gasteiger partial charge < -0.3 is 9.84 Å². The fourth-order valence-corrected chi connectivity index (χ4v) is 6.99. The third-order valence-corrected chi connectivity index (χ3v) is 9.71. The van der Waals surface area contributed by atoms with Crippen LogP contribution in [-0.2, 0) is 20.4 Å². The standard InChI is InChI=1S/C27H28ClN3O4S2/c1-18-8-9-19(37(33,34)30-12-14-35-15-13-30)16-20(18)24-10-11-25(36-24)23-17-26(27(2,3)32)29-31(23)22-7-5-4-6-21(22)28/h4-11,16-17,32H,12-15H2,1-3H3. The summed E-state index contributed by atoms with van der Waals surface area (Å²) in [6.07, 6.45) is 0. The van der Waals surface area contributed by atoms with Crippen LogP contribution in [0.15, 0.2) is 65.6 Å². The number of para-hydroxylation sites is 1. The van der Waals surface area contributed by atoms with Crippen molar-refractivity contribution in [3.8, 4) is 26.7 Å². The molecule has 0 bridgehead atoms. The van der Waals surface area contributed by atoms with Crippen molar-refractivity contribution in [1.82, 2.24) is 14.1 Å². The van der Waals surface area contributed by atoms with E-state index in [1.807, 2.05) is 49.4 Å². The zero-order chi connectivity index (χ0) is 26.4. The molecule has 7 nitrogen and oxygen atoms in total. The summed E-state index contributed by atoms with van der Waals surface area (Å²) in [5.41, 5.74) is 2.71. The van der Waals surface area contributed by atoms with Gasteiger partial charge >= 0.3 is 0 Å². The van der Waals surface area contributed by atoms with Gasteiger partial charge in [-0.05, 0) is 74.4 Å². The van der Waals surface area contributed by atoms with E-state index in [1.165, 1.54) is 15.6 Å². The molecule has 10 heteroatoms. The first-order valence-corrected chi connectivity index (χ1v) is 14.6. The number of aliphatic hydroxyl groups is 1. The number of halogens is 1. The summed E-state index contributed by atoms with van der Waals surface area (Å²) in [5.74, 6) is 0. The molecule has 0 radical (unpaired) electrons. The van der Waals surface area contributed by atoms with Crippen molar-refractivity contribution in [2.24, 2.45) is 0 Å². The summed E-state index contributed by atoms with van der Waals surface area (Å²) in [5, 5.41) is 15.9. The largest absolute Gasteiger partial charge is 0.384 e. The van der Waals surface area contributed by atoms with Gasteiger partial charge in [0.1, 0.15) is 5.60 Å². The normalized spacial score (nSPS) is 15.3. The Labute approximate surface area is 225 Å². The van der Waals surface area contributed by atoms with Crippen LogP contribution < -0.4 is 0 Å². The number of thiophene rings is 1. The Morgan fingerprint density at radius 2 is 1.73 bits per heavy atom. The van der Waals surface area contributed by atoms with Gasteiger partial charge in [0, 0.05) is 18.0 Å². The minimum atomic E-state index is -3.61. The molecule has 0 spiro atoms. The molecule has 1 aliphatic rings. The number of benzene rings is 2. The van der Waals surface area contributed by atoms with E-state index in [0.29, 0.717) is 42.7 Å². The molecule has 4 aromatic rings. The first-order valence-electron chi connectivity index (χ1n) is 11.9. The summed E-state index contributed by atoms with van der Waals surface area (Å²) in [6, 6.07) is 18.5. The number of rotatable bonds is 6. The Hall–Kier alpha value is -2.53. The van der Waals surface area contributed by atoms with Gasteiger partial charge in [-0.2, -0.15) is 9.40 Å². The Bertz CT molecular complexity index is 1550. The van der Waals surface area contributed by atoms with Gasteiger partial charge in [-0.1, -0.05) is 29.8 Å². The zero-order valence-electron chi connectivity index (χ0n) is 20.8. The van der Waals surface area contributed by atoms with Crippen molar-refractivity contribution < 1.29 is 18.3 Å². The van der Waals surface area contributed by atoms with Crippen LogP contribution in [0.1, 0.15) is 25.1 Å². The minimum absolute atomic E-state index is 0.273. The van der Waals surface area contributed by atoms with E-state index in [9.17, 15) is 13.5 Å². The van der Waals surface area contributed by atoms with Gasteiger partial charge in [-0.25, -0.2) is 13.1 Å². The first-order chi connectivity index (χ1) is 17.6. The predicted molar refractivity (Wildman–Crippen MR) is 147 cm³/mol. The molecule has 5 rings (SSSR count). The average Bonchev–Trinajstić information content (AvgIpc) is 3.53. The van der Waals surface area contributed by atoms with Crippen molar-refractivity contribution in [3.63, 3.8) is 0 Å². The third-order valence-electron chi connectivity index (χ3n) is 6.36. The van der Waals surface area contributed by atoms with Gasteiger partial charge in [0.25, 0.3) is 0 Å². The molecule has 0 amide bonds. The number of morpholine rings is 1. The molecule has 2 aromatic carbocycles. The van der Waals surface area contributed by atoms with E-state index >= 15 is 0 Å². The summed E-state index contributed by atoms with van der Waals surface area (Å²) < 4.78 is 35.1. The van der Waals surface area contributed by atoms with Crippen LogP contribution in [0.25, 0.3) is 26.7 Å². The van der Waals surface area contributed by atoms with E-state index in [-0.39, 0.29) is 4.90 Å². The van der Waals surface area contributed by atoms with Crippen molar-refractivity contribution >= 4 is 33.0 Å².